The van der Waals surface area contributed by atoms with Crippen molar-refractivity contribution in [2.24, 2.45) is 0 Å². The van der Waals surface area contributed by atoms with Crippen LogP contribution in [-0.4, -0.2) is 11.1 Å². The third kappa shape index (κ3) is 2.41. The van der Waals surface area contributed by atoms with Gasteiger partial charge in [-0.15, -0.1) is 0 Å². The molecule has 3 nitrogen and oxygen atoms in total. The van der Waals surface area contributed by atoms with Crippen LogP contribution in [0.1, 0.15) is 10.6 Å². The van der Waals surface area contributed by atoms with Crippen molar-refractivity contribution in [2.45, 2.75) is 0 Å². The van der Waals surface area contributed by atoms with Crippen molar-refractivity contribution < 1.29 is 14.3 Å². The maximum absolute atomic E-state index is 10.7. The molecule has 2 rings (SSSR count). The fraction of sp³-hybridized carbons (Fsp3) is 0. The van der Waals surface area contributed by atoms with Gasteiger partial charge in [-0.3, -0.25) is 0 Å². The molecule has 0 unspecified atom stereocenters. The van der Waals surface area contributed by atoms with Crippen LogP contribution in [-0.2, 0) is 0 Å². The van der Waals surface area contributed by atoms with Crippen LogP contribution in [0.5, 0.6) is 0 Å². The second kappa shape index (κ2) is 4.61. The van der Waals surface area contributed by atoms with Crippen LogP contribution in [0.4, 0.5) is 0 Å². The van der Waals surface area contributed by atoms with Crippen LogP contribution >= 0.6 is 34.8 Å². The Kier molecular flexibility index (Phi) is 3.33. The van der Waals surface area contributed by atoms with Gasteiger partial charge < -0.3 is 9.52 Å². The van der Waals surface area contributed by atoms with Crippen molar-refractivity contribution in [2.75, 3.05) is 0 Å². The molecule has 0 fully saturated rings. The summed E-state index contributed by atoms with van der Waals surface area (Å²) in [6.45, 7) is 0. The number of carboxylic acids is 1. The highest BCUT2D eigenvalue weighted by molar-refractivity contribution is 6.41. The van der Waals surface area contributed by atoms with Crippen LogP contribution in [0.15, 0.2) is 28.7 Å². The Hall–Kier alpha value is -1.16. The number of furan rings is 1. The Bertz CT molecular complexity index is 566. The number of hydrogen-bond acceptors (Lipinski definition) is 2. The number of carboxylic acid groups (broad SMARTS) is 1. The lowest BCUT2D eigenvalue weighted by Gasteiger charge is -2.04. The third-order valence-electron chi connectivity index (χ3n) is 2.07. The molecular formula is C11H5Cl3O3. The molecule has 0 saturated heterocycles. The smallest absolute Gasteiger partial charge is 0.371 e. The Morgan fingerprint density at radius 3 is 2.18 bits per heavy atom. The predicted molar refractivity (Wildman–Crippen MR) is 66.1 cm³/mol. The molecule has 1 heterocycles. The predicted octanol–water partition coefficient (Wildman–Crippen LogP) is 4.61. The molecule has 0 amide bonds. The lowest BCUT2D eigenvalue weighted by atomic mass is 10.2. The summed E-state index contributed by atoms with van der Waals surface area (Å²) in [6, 6.07) is 5.84. The van der Waals surface area contributed by atoms with E-state index < -0.39 is 5.97 Å². The normalized spacial score (nSPS) is 10.5. The molecule has 0 aliphatic heterocycles. The van der Waals surface area contributed by atoms with Crippen molar-refractivity contribution in [3.63, 3.8) is 0 Å². The van der Waals surface area contributed by atoms with E-state index in [1.165, 1.54) is 24.3 Å². The van der Waals surface area contributed by atoms with Gasteiger partial charge in [0, 0.05) is 5.02 Å². The first-order valence-corrected chi connectivity index (χ1v) is 5.60. The molecule has 1 aromatic heterocycles. The first kappa shape index (κ1) is 12.3. The molecule has 0 aliphatic rings. The van der Waals surface area contributed by atoms with Crippen LogP contribution < -0.4 is 0 Å². The van der Waals surface area contributed by atoms with E-state index in [4.69, 9.17) is 44.3 Å². The van der Waals surface area contributed by atoms with E-state index in [2.05, 4.69) is 0 Å². The highest BCUT2D eigenvalue weighted by Crippen LogP contribution is 2.37. The number of rotatable bonds is 2. The number of carbonyl (C=O) groups is 1. The largest absolute Gasteiger partial charge is 0.475 e. The maximum atomic E-state index is 10.7. The van der Waals surface area contributed by atoms with Crippen molar-refractivity contribution in [1.82, 2.24) is 0 Å². The summed E-state index contributed by atoms with van der Waals surface area (Å²) in [5, 5.41) is 9.74. The number of aromatic carboxylic acids is 1. The SMILES string of the molecule is O=C(O)c1ccc(-c2c(Cl)cc(Cl)cc2Cl)o1. The Labute approximate surface area is 112 Å². The van der Waals surface area contributed by atoms with Crippen molar-refractivity contribution >= 4 is 40.8 Å². The molecule has 88 valence electrons. The standard InChI is InChI=1S/C11H5Cl3O3/c12-5-3-6(13)10(7(14)4-5)8-1-2-9(17-8)11(15)16/h1-4H,(H,15,16). The van der Waals surface area contributed by atoms with E-state index in [0.717, 1.165) is 0 Å². The third-order valence-corrected chi connectivity index (χ3v) is 2.88. The van der Waals surface area contributed by atoms with Crippen molar-refractivity contribution in [3.8, 4) is 11.3 Å². The molecule has 6 heteroatoms. The van der Waals surface area contributed by atoms with Gasteiger partial charge in [-0.2, -0.15) is 0 Å². The Morgan fingerprint density at radius 2 is 1.71 bits per heavy atom. The van der Waals surface area contributed by atoms with Crippen molar-refractivity contribution in [1.29, 1.82) is 0 Å². The summed E-state index contributed by atoms with van der Waals surface area (Å²) in [6.07, 6.45) is 0. The summed E-state index contributed by atoms with van der Waals surface area (Å²) < 4.78 is 5.12. The van der Waals surface area contributed by atoms with Crippen LogP contribution in [0.25, 0.3) is 11.3 Å². The lowest BCUT2D eigenvalue weighted by Crippen LogP contribution is -1.91. The van der Waals surface area contributed by atoms with Gasteiger partial charge in [0.25, 0.3) is 0 Å². The van der Waals surface area contributed by atoms with Crippen LogP contribution in [0.2, 0.25) is 15.1 Å². The molecule has 0 bridgehead atoms. The molecule has 0 radical (unpaired) electrons. The quantitative estimate of drug-likeness (QED) is 0.879. The van der Waals surface area contributed by atoms with E-state index in [1.807, 2.05) is 0 Å². The second-order valence-corrected chi connectivity index (χ2v) is 4.46. The minimum Gasteiger partial charge on any atom is -0.475 e. The molecule has 0 saturated carbocycles. The zero-order chi connectivity index (χ0) is 12.6. The molecule has 0 aliphatic carbocycles. The number of halogens is 3. The molecule has 1 N–H and O–H groups in total. The summed E-state index contributed by atoms with van der Waals surface area (Å²) in [4.78, 5) is 10.7. The van der Waals surface area contributed by atoms with E-state index in [9.17, 15) is 4.79 Å². The van der Waals surface area contributed by atoms with Gasteiger partial charge in [0.15, 0.2) is 0 Å². The minimum absolute atomic E-state index is 0.179. The molecule has 2 aromatic rings. The zero-order valence-corrected chi connectivity index (χ0v) is 10.5. The monoisotopic (exact) mass is 290 g/mol. The molecule has 0 atom stereocenters. The highest BCUT2D eigenvalue weighted by atomic mass is 35.5. The van der Waals surface area contributed by atoms with Gasteiger partial charge >= 0.3 is 5.97 Å². The van der Waals surface area contributed by atoms with Gasteiger partial charge in [0.1, 0.15) is 5.76 Å². The first-order chi connectivity index (χ1) is 7.99. The van der Waals surface area contributed by atoms with E-state index in [-0.39, 0.29) is 11.5 Å². The molecule has 1 aromatic carbocycles. The maximum Gasteiger partial charge on any atom is 0.371 e. The van der Waals surface area contributed by atoms with Crippen molar-refractivity contribution in [3.05, 3.63) is 45.1 Å². The Balaban J connectivity index is 2.56. The molecule has 0 spiro atoms. The fourth-order valence-corrected chi connectivity index (χ4v) is 2.37. The fourth-order valence-electron chi connectivity index (χ4n) is 1.36. The molecule has 17 heavy (non-hydrogen) atoms. The number of benzene rings is 1. The topological polar surface area (TPSA) is 50.4 Å². The van der Waals surface area contributed by atoms with Gasteiger partial charge in [-0.1, -0.05) is 34.8 Å². The second-order valence-electron chi connectivity index (χ2n) is 3.21. The molecular weight excluding hydrogens is 286 g/mol. The average Bonchev–Trinajstić information content (AvgIpc) is 2.65. The van der Waals surface area contributed by atoms with Crippen LogP contribution in [0, 0.1) is 0 Å². The van der Waals surface area contributed by atoms with Gasteiger partial charge in [0.05, 0.1) is 15.6 Å². The van der Waals surface area contributed by atoms with Gasteiger partial charge in [0.2, 0.25) is 5.76 Å². The summed E-state index contributed by atoms with van der Waals surface area (Å²) in [5.74, 6) is -1.05. The van der Waals surface area contributed by atoms with Crippen LogP contribution in [0.3, 0.4) is 0 Å². The van der Waals surface area contributed by atoms with Gasteiger partial charge in [-0.25, -0.2) is 4.79 Å². The number of hydrogen-bond donors (Lipinski definition) is 1. The minimum atomic E-state index is -1.16. The summed E-state index contributed by atoms with van der Waals surface area (Å²) in [5.41, 5.74) is 0.422. The summed E-state index contributed by atoms with van der Waals surface area (Å²) in [7, 11) is 0. The van der Waals surface area contributed by atoms with E-state index in [1.54, 1.807) is 0 Å². The lowest BCUT2D eigenvalue weighted by molar-refractivity contribution is 0.0663. The highest BCUT2D eigenvalue weighted by Gasteiger charge is 2.16. The van der Waals surface area contributed by atoms with E-state index in [0.29, 0.717) is 20.6 Å². The van der Waals surface area contributed by atoms with Gasteiger partial charge in [-0.05, 0) is 24.3 Å². The zero-order valence-electron chi connectivity index (χ0n) is 8.21. The Morgan fingerprint density at radius 1 is 1.12 bits per heavy atom. The van der Waals surface area contributed by atoms with E-state index >= 15 is 0 Å². The summed E-state index contributed by atoms with van der Waals surface area (Å²) >= 11 is 17.7. The average molecular weight is 292 g/mol. The first-order valence-electron chi connectivity index (χ1n) is 4.47.